The number of sulfone groups is 1. The van der Waals surface area contributed by atoms with Crippen molar-refractivity contribution in [2.75, 3.05) is 6.61 Å². The van der Waals surface area contributed by atoms with Crippen molar-refractivity contribution in [3.05, 3.63) is 43.8 Å². The highest BCUT2D eigenvalue weighted by Gasteiger charge is 2.31. The molecule has 0 aliphatic carbocycles. The van der Waals surface area contributed by atoms with Crippen molar-refractivity contribution < 1.29 is 22.9 Å². The van der Waals surface area contributed by atoms with Gasteiger partial charge in [0.25, 0.3) is 5.69 Å². The number of halogens is 1. The first-order valence-corrected chi connectivity index (χ1v) is 9.14. The summed E-state index contributed by atoms with van der Waals surface area (Å²) in [5, 5.41) is 10.1. The Labute approximate surface area is 145 Å². The smallest absolute Gasteiger partial charge is 0.349 e. The molecular formula is C15H18ClNO6S. The first kappa shape index (κ1) is 20.1. The molecule has 0 unspecified atom stereocenters. The molecule has 1 aromatic carbocycles. The standard InChI is InChI=1S/C15H18ClNO6S/c1-4-10(3)24(21,22)14(15(18)23-5-2)9-11-6-7-12(16)13(8-11)17(19)20/h6-10H,4-5H2,1-3H3/b14-9+/t10-/m0/s1. The molecule has 0 aliphatic rings. The number of carbonyl (C=O) groups is 1. The Morgan fingerprint density at radius 3 is 2.54 bits per heavy atom. The van der Waals surface area contributed by atoms with Crippen LogP contribution in [0.25, 0.3) is 6.08 Å². The van der Waals surface area contributed by atoms with Crippen molar-refractivity contribution in [1.82, 2.24) is 0 Å². The van der Waals surface area contributed by atoms with E-state index in [1.54, 1.807) is 13.8 Å². The van der Waals surface area contributed by atoms with Crippen molar-refractivity contribution in [3.8, 4) is 0 Å². The van der Waals surface area contributed by atoms with Crippen molar-refractivity contribution in [2.45, 2.75) is 32.4 Å². The first-order valence-electron chi connectivity index (χ1n) is 7.21. The lowest BCUT2D eigenvalue weighted by Crippen LogP contribution is -2.24. The van der Waals surface area contributed by atoms with E-state index in [9.17, 15) is 23.3 Å². The fourth-order valence-corrected chi connectivity index (χ4v) is 3.46. The van der Waals surface area contributed by atoms with Crippen molar-refractivity contribution in [3.63, 3.8) is 0 Å². The van der Waals surface area contributed by atoms with Crippen LogP contribution in [0.15, 0.2) is 23.1 Å². The molecule has 0 spiro atoms. The average molecular weight is 376 g/mol. The van der Waals surface area contributed by atoms with E-state index in [0.29, 0.717) is 6.42 Å². The topological polar surface area (TPSA) is 104 Å². The Morgan fingerprint density at radius 2 is 2.04 bits per heavy atom. The number of rotatable bonds is 7. The first-order chi connectivity index (χ1) is 11.1. The van der Waals surface area contributed by atoms with E-state index >= 15 is 0 Å². The molecule has 0 heterocycles. The van der Waals surface area contributed by atoms with E-state index in [1.165, 1.54) is 19.1 Å². The molecule has 0 amide bonds. The number of ether oxygens (including phenoxy) is 1. The number of nitro groups is 1. The number of hydrogen-bond acceptors (Lipinski definition) is 6. The summed E-state index contributed by atoms with van der Waals surface area (Å²) in [5.74, 6) is -0.990. The molecule has 0 bridgehead atoms. The van der Waals surface area contributed by atoms with E-state index in [-0.39, 0.29) is 22.9 Å². The maximum atomic E-state index is 12.5. The molecule has 1 atom stereocenters. The maximum absolute atomic E-state index is 12.5. The van der Waals surface area contributed by atoms with Gasteiger partial charge in [-0.15, -0.1) is 0 Å². The van der Waals surface area contributed by atoms with Crippen LogP contribution in [0.2, 0.25) is 5.02 Å². The molecule has 9 heteroatoms. The van der Waals surface area contributed by atoms with Crippen LogP contribution in [-0.2, 0) is 19.4 Å². The Kier molecular flexibility index (Phi) is 6.92. The minimum absolute atomic E-state index is 0.00691. The minimum Gasteiger partial charge on any atom is -0.462 e. The van der Waals surface area contributed by atoms with Gasteiger partial charge in [-0.05, 0) is 38.0 Å². The van der Waals surface area contributed by atoms with Gasteiger partial charge in [0.15, 0.2) is 14.7 Å². The summed E-state index contributed by atoms with van der Waals surface area (Å²) in [5.41, 5.74) is -0.212. The third-order valence-corrected chi connectivity index (χ3v) is 5.96. The maximum Gasteiger partial charge on any atom is 0.349 e. The molecule has 0 aromatic heterocycles. The molecule has 0 aliphatic heterocycles. The van der Waals surface area contributed by atoms with Gasteiger partial charge in [0.05, 0.1) is 16.8 Å². The van der Waals surface area contributed by atoms with Gasteiger partial charge in [-0.3, -0.25) is 10.1 Å². The van der Waals surface area contributed by atoms with Gasteiger partial charge in [0.1, 0.15) is 5.02 Å². The molecule has 1 aromatic rings. The summed E-state index contributed by atoms with van der Waals surface area (Å²) in [6.45, 7) is 4.72. The van der Waals surface area contributed by atoms with E-state index in [2.05, 4.69) is 0 Å². The lowest BCUT2D eigenvalue weighted by Gasteiger charge is -2.13. The summed E-state index contributed by atoms with van der Waals surface area (Å²) in [6.07, 6.45) is 1.38. The molecule has 0 N–H and O–H groups in total. The van der Waals surface area contributed by atoms with Gasteiger partial charge in [-0.1, -0.05) is 24.6 Å². The molecule has 132 valence electrons. The summed E-state index contributed by atoms with van der Waals surface area (Å²) < 4.78 is 29.9. The van der Waals surface area contributed by atoms with Crippen LogP contribution in [0, 0.1) is 10.1 Å². The van der Waals surface area contributed by atoms with E-state index in [1.807, 2.05) is 0 Å². The lowest BCUT2D eigenvalue weighted by atomic mass is 10.2. The molecule has 24 heavy (non-hydrogen) atoms. The third-order valence-electron chi connectivity index (χ3n) is 3.35. The van der Waals surface area contributed by atoms with Crippen LogP contribution in [0.5, 0.6) is 0 Å². The van der Waals surface area contributed by atoms with Crippen molar-refractivity contribution in [1.29, 1.82) is 0 Å². The fourth-order valence-electron chi connectivity index (χ4n) is 1.81. The third kappa shape index (κ3) is 4.55. The molecule has 0 radical (unpaired) electrons. The fraction of sp³-hybridized carbons (Fsp3) is 0.400. The molecule has 7 nitrogen and oxygen atoms in total. The number of esters is 1. The monoisotopic (exact) mass is 375 g/mol. The normalized spacial score (nSPS) is 13.4. The zero-order chi connectivity index (χ0) is 18.5. The average Bonchev–Trinajstić information content (AvgIpc) is 2.52. The van der Waals surface area contributed by atoms with Crippen LogP contribution >= 0.6 is 11.6 Å². The van der Waals surface area contributed by atoms with Crippen LogP contribution in [0.4, 0.5) is 5.69 Å². The summed E-state index contributed by atoms with van der Waals surface area (Å²) >= 11 is 5.73. The highest BCUT2D eigenvalue weighted by Crippen LogP contribution is 2.27. The molecule has 1 rings (SSSR count). The van der Waals surface area contributed by atoms with Gasteiger partial charge in [0.2, 0.25) is 0 Å². The van der Waals surface area contributed by atoms with Crippen molar-refractivity contribution >= 4 is 39.2 Å². The largest absolute Gasteiger partial charge is 0.462 e. The van der Waals surface area contributed by atoms with Crippen molar-refractivity contribution in [2.24, 2.45) is 0 Å². The summed E-state index contributed by atoms with van der Waals surface area (Å²) in [4.78, 5) is 21.8. The molecule has 0 saturated carbocycles. The predicted molar refractivity (Wildman–Crippen MR) is 91.4 cm³/mol. The second-order valence-electron chi connectivity index (χ2n) is 4.96. The Balaban J connectivity index is 3.50. The quantitative estimate of drug-likeness (QED) is 0.313. The molecule has 0 saturated heterocycles. The minimum atomic E-state index is -3.93. The lowest BCUT2D eigenvalue weighted by molar-refractivity contribution is -0.384. The van der Waals surface area contributed by atoms with Gasteiger partial charge in [-0.25, -0.2) is 13.2 Å². The predicted octanol–water partition coefficient (Wildman–Crippen LogP) is 3.37. The van der Waals surface area contributed by atoms with Gasteiger partial charge < -0.3 is 4.74 Å². The second-order valence-corrected chi connectivity index (χ2v) is 7.70. The van der Waals surface area contributed by atoms with Crippen LogP contribution in [0.1, 0.15) is 32.8 Å². The van der Waals surface area contributed by atoms with Gasteiger partial charge in [0, 0.05) is 6.07 Å². The second kappa shape index (κ2) is 8.25. The zero-order valence-electron chi connectivity index (χ0n) is 13.5. The Hall–Kier alpha value is -1.93. The number of carbonyl (C=O) groups excluding carboxylic acids is 1. The Morgan fingerprint density at radius 1 is 1.42 bits per heavy atom. The highest BCUT2D eigenvalue weighted by atomic mass is 35.5. The Bertz CT molecular complexity index is 772. The molecular weight excluding hydrogens is 358 g/mol. The zero-order valence-corrected chi connectivity index (χ0v) is 15.1. The SMILES string of the molecule is CCOC(=O)/C(=C\c1ccc(Cl)c([N+](=O)[O-])c1)S(=O)(=O)[C@@H](C)CC. The highest BCUT2D eigenvalue weighted by molar-refractivity contribution is 7.96. The number of nitro benzene ring substituents is 1. The van der Waals surface area contributed by atoms with Crippen LogP contribution in [0.3, 0.4) is 0 Å². The summed E-state index contributed by atoms with van der Waals surface area (Å²) in [7, 11) is -3.93. The number of benzene rings is 1. The van der Waals surface area contributed by atoms with Crippen LogP contribution in [-0.4, -0.2) is 31.2 Å². The van der Waals surface area contributed by atoms with Gasteiger partial charge >= 0.3 is 5.97 Å². The molecule has 0 fully saturated rings. The van der Waals surface area contributed by atoms with E-state index in [0.717, 1.165) is 12.1 Å². The van der Waals surface area contributed by atoms with E-state index < -0.39 is 30.9 Å². The van der Waals surface area contributed by atoms with E-state index in [4.69, 9.17) is 16.3 Å². The van der Waals surface area contributed by atoms with Crippen LogP contribution < -0.4 is 0 Å². The van der Waals surface area contributed by atoms with Gasteiger partial charge in [-0.2, -0.15) is 0 Å². The summed E-state index contributed by atoms with van der Waals surface area (Å²) in [6, 6.07) is 3.76. The number of hydrogen-bond donors (Lipinski definition) is 0. The number of nitrogens with zero attached hydrogens (tertiary/aromatic N) is 1.